The van der Waals surface area contributed by atoms with Crippen molar-refractivity contribution in [2.75, 3.05) is 20.3 Å². The van der Waals surface area contributed by atoms with Gasteiger partial charge in [-0.3, -0.25) is 0 Å². The molecule has 0 saturated heterocycles. The van der Waals surface area contributed by atoms with E-state index in [1.165, 1.54) is 0 Å². The number of hydrogen-bond donors (Lipinski definition) is 2. The molecule has 0 saturated carbocycles. The van der Waals surface area contributed by atoms with Crippen LogP contribution < -0.4 is 10.1 Å². The molecule has 2 N–H and O–H groups in total. The summed E-state index contributed by atoms with van der Waals surface area (Å²) in [5.41, 5.74) is 0.951. The number of aliphatic hydroxyl groups excluding tert-OH is 1. The van der Waals surface area contributed by atoms with Crippen molar-refractivity contribution in [3.8, 4) is 5.75 Å². The van der Waals surface area contributed by atoms with Crippen LogP contribution in [0.3, 0.4) is 0 Å². The number of aliphatic hydroxyl groups is 1. The summed E-state index contributed by atoms with van der Waals surface area (Å²) in [6.45, 7) is 1.67. The molecule has 1 atom stereocenters. The van der Waals surface area contributed by atoms with Crippen molar-refractivity contribution in [1.29, 1.82) is 0 Å². The monoisotopic (exact) mass is 239 g/mol. The molecule has 1 rings (SSSR count). The first-order chi connectivity index (χ1) is 8.17. The van der Waals surface area contributed by atoms with E-state index < -0.39 is 6.09 Å². The number of rotatable bonds is 5. The highest BCUT2D eigenvalue weighted by molar-refractivity contribution is 5.67. The van der Waals surface area contributed by atoms with Crippen molar-refractivity contribution in [3.63, 3.8) is 0 Å². The molecule has 0 radical (unpaired) electrons. The third-order valence-electron chi connectivity index (χ3n) is 2.27. The van der Waals surface area contributed by atoms with Gasteiger partial charge in [-0.05, 0) is 24.6 Å². The number of methoxy groups -OCH3 is 1. The number of hydrogen-bond acceptors (Lipinski definition) is 4. The Kier molecular flexibility index (Phi) is 5.29. The number of nitrogens with one attached hydrogen (secondary N) is 1. The minimum absolute atomic E-state index is 0.00116. The van der Waals surface area contributed by atoms with Crippen molar-refractivity contribution in [1.82, 2.24) is 5.32 Å². The molecule has 0 fully saturated rings. The second-order valence-corrected chi connectivity index (χ2v) is 3.50. The third kappa shape index (κ3) is 4.32. The Labute approximate surface area is 100 Å². The summed E-state index contributed by atoms with van der Waals surface area (Å²) in [7, 11) is 1.60. The Morgan fingerprint density at radius 3 is 2.59 bits per heavy atom. The van der Waals surface area contributed by atoms with Crippen molar-refractivity contribution in [3.05, 3.63) is 29.8 Å². The van der Waals surface area contributed by atoms with Crippen molar-refractivity contribution >= 4 is 6.09 Å². The summed E-state index contributed by atoms with van der Waals surface area (Å²) in [6.07, 6.45) is -0.539. The maximum atomic E-state index is 11.2. The Balaban J connectivity index is 2.51. The van der Waals surface area contributed by atoms with Crippen LogP contribution in [0.5, 0.6) is 5.75 Å². The maximum Gasteiger partial charge on any atom is 0.407 e. The molecule has 1 aromatic carbocycles. The fraction of sp³-hybridized carbons (Fsp3) is 0.417. The highest BCUT2D eigenvalue weighted by Crippen LogP contribution is 2.17. The van der Waals surface area contributed by atoms with E-state index in [-0.39, 0.29) is 19.3 Å². The van der Waals surface area contributed by atoms with Crippen LogP contribution in [0.15, 0.2) is 24.3 Å². The van der Waals surface area contributed by atoms with E-state index in [9.17, 15) is 4.79 Å². The third-order valence-corrected chi connectivity index (χ3v) is 2.27. The lowest BCUT2D eigenvalue weighted by Crippen LogP contribution is -2.28. The zero-order valence-electron chi connectivity index (χ0n) is 9.97. The van der Waals surface area contributed by atoms with Crippen LogP contribution in [-0.2, 0) is 4.74 Å². The molecule has 0 unspecified atom stereocenters. The van der Waals surface area contributed by atoms with E-state index >= 15 is 0 Å². The minimum Gasteiger partial charge on any atom is -0.497 e. The van der Waals surface area contributed by atoms with E-state index in [0.29, 0.717) is 0 Å². The van der Waals surface area contributed by atoms with Crippen LogP contribution in [0, 0.1) is 0 Å². The molecule has 0 aliphatic heterocycles. The Morgan fingerprint density at radius 1 is 1.41 bits per heavy atom. The van der Waals surface area contributed by atoms with E-state index in [0.717, 1.165) is 11.3 Å². The van der Waals surface area contributed by atoms with Gasteiger partial charge in [-0.15, -0.1) is 0 Å². The van der Waals surface area contributed by atoms with E-state index in [2.05, 4.69) is 5.32 Å². The summed E-state index contributed by atoms with van der Waals surface area (Å²) in [5.74, 6) is 0.767. The molecule has 1 aromatic rings. The molecule has 0 bridgehead atoms. The highest BCUT2D eigenvalue weighted by atomic mass is 16.6. The van der Waals surface area contributed by atoms with E-state index in [1.807, 2.05) is 31.2 Å². The van der Waals surface area contributed by atoms with Gasteiger partial charge in [-0.2, -0.15) is 0 Å². The van der Waals surface area contributed by atoms with Crippen LogP contribution in [-0.4, -0.2) is 31.5 Å². The first-order valence-electron chi connectivity index (χ1n) is 5.35. The molecular weight excluding hydrogens is 222 g/mol. The molecule has 0 aliphatic rings. The second kappa shape index (κ2) is 6.75. The number of carbonyl (C=O) groups excluding carboxylic acids is 1. The van der Waals surface area contributed by atoms with Crippen LogP contribution in [0.25, 0.3) is 0 Å². The topological polar surface area (TPSA) is 67.8 Å². The Hall–Kier alpha value is -1.75. The predicted octanol–water partition coefficient (Wildman–Crippen LogP) is 1.47. The smallest absolute Gasteiger partial charge is 0.407 e. The SMILES string of the molecule is COc1ccc([C@H](C)NC(=O)OCCO)cc1. The van der Waals surface area contributed by atoms with Crippen molar-refractivity contribution in [2.45, 2.75) is 13.0 Å². The Bertz CT molecular complexity index is 350. The van der Waals surface area contributed by atoms with Crippen molar-refractivity contribution in [2.24, 2.45) is 0 Å². The first kappa shape index (κ1) is 13.3. The Morgan fingerprint density at radius 2 is 2.06 bits per heavy atom. The molecular formula is C12H17NO4. The van der Waals surface area contributed by atoms with Gasteiger partial charge in [-0.1, -0.05) is 12.1 Å². The number of ether oxygens (including phenoxy) is 2. The second-order valence-electron chi connectivity index (χ2n) is 3.50. The normalized spacial score (nSPS) is 11.7. The predicted molar refractivity (Wildman–Crippen MR) is 63.0 cm³/mol. The number of alkyl carbamates (subject to hydrolysis) is 1. The molecule has 1 amide bonds. The van der Waals surface area contributed by atoms with Gasteiger partial charge in [0.15, 0.2) is 0 Å². The molecule has 0 heterocycles. The highest BCUT2D eigenvalue weighted by Gasteiger charge is 2.09. The number of carbonyl (C=O) groups is 1. The molecule has 0 aliphatic carbocycles. The summed E-state index contributed by atoms with van der Waals surface area (Å²) in [6, 6.07) is 7.23. The molecule has 17 heavy (non-hydrogen) atoms. The van der Waals surface area contributed by atoms with Gasteiger partial charge in [0.25, 0.3) is 0 Å². The number of benzene rings is 1. The first-order valence-corrected chi connectivity index (χ1v) is 5.35. The van der Waals surface area contributed by atoms with Gasteiger partial charge >= 0.3 is 6.09 Å². The summed E-state index contributed by atoms with van der Waals surface area (Å²) in [4.78, 5) is 11.2. The van der Waals surface area contributed by atoms with Gasteiger partial charge < -0.3 is 19.9 Å². The van der Waals surface area contributed by atoms with Gasteiger partial charge in [0.1, 0.15) is 12.4 Å². The zero-order valence-corrected chi connectivity index (χ0v) is 9.97. The standard InChI is InChI=1S/C12H17NO4/c1-9(13-12(15)17-8-7-14)10-3-5-11(16-2)6-4-10/h3-6,9,14H,7-8H2,1-2H3,(H,13,15)/t9-/m0/s1. The van der Waals surface area contributed by atoms with Crippen LogP contribution in [0.2, 0.25) is 0 Å². The minimum atomic E-state index is -0.539. The fourth-order valence-electron chi connectivity index (χ4n) is 1.33. The van der Waals surface area contributed by atoms with Gasteiger partial charge in [0.05, 0.1) is 19.8 Å². The largest absolute Gasteiger partial charge is 0.497 e. The van der Waals surface area contributed by atoms with Crippen molar-refractivity contribution < 1.29 is 19.4 Å². The van der Waals surface area contributed by atoms with Gasteiger partial charge in [-0.25, -0.2) is 4.79 Å². The average Bonchev–Trinajstić information content (AvgIpc) is 2.36. The van der Waals surface area contributed by atoms with E-state index in [4.69, 9.17) is 14.6 Å². The lowest BCUT2D eigenvalue weighted by molar-refractivity contribution is 0.116. The molecule has 0 aromatic heterocycles. The molecule has 94 valence electrons. The fourth-order valence-corrected chi connectivity index (χ4v) is 1.33. The van der Waals surface area contributed by atoms with Crippen LogP contribution in [0.1, 0.15) is 18.5 Å². The summed E-state index contributed by atoms with van der Waals surface area (Å²) < 4.78 is 9.75. The number of amides is 1. The average molecular weight is 239 g/mol. The quantitative estimate of drug-likeness (QED) is 0.816. The molecule has 5 nitrogen and oxygen atoms in total. The summed E-state index contributed by atoms with van der Waals surface area (Å²) >= 11 is 0. The van der Waals surface area contributed by atoms with E-state index in [1.54, 1.807) is 7.11 Å². The maximum absolute atomic E-state index is 11.2. The summed E-state index contributed by atoms with van der Waals surface area (Å²) in [5, 5.41) is 11.2. The van der Waals surface area contributed by atoms with Gasteiger partial charge in [0, 0.05) is 0 Å². The lowest BCUT2D eigenvalue weighted by atomic mass is 10.1. The lowest BCUT2D eigenvalue weighted by Gasteiger charge is -2.14. The van der Waals surface area contributed by atoms with Crippen LogP contribution >= 0.6 is 0 Å². The zero-order chi connectivity index (χ0) is 12.7. The molecule has 0 spiro atoms. The molecule has 5 heteroatoms. The van der Waals surface area contributed by atoms with Crippen LogP contribution in [0.4, 0.5) is 4.79 Å². The van der Waals surface area contributed by atoms with Gasteiger partial charge in [0.2, 0.25) is 0 Å².